The smallest absolute Gasteiger partial charge is 0.180 e. The Bertz CT molecular complexity index is 590. The zero-order valence-corrected chi connectivity index (χ0v) is 14.4. The van der Waals surface area contributed by atoms with E-state index in [0.29, 0.717) is 16.5 Å². The number of halogens is 1. The molecule has 0 heterocycles. The minimum Gasteiger partial charge on any atom is -0.493 e. The van der Waals surface area contributed by atoms with Gasteiger partial charge in [-0.25, -0.2) is 0 Å². The summed E-state index contributed by atoms with van der Waals surface area (Å²) in [6.45, 7) is 5.87. The quantitative estimate of drug-likeness (QED) is 0.739. The highest BCUT2D eigenvalue weighted by Gasteiger charge is 2.22. The molecule has 1 aliphatic rings. The number of ketones is 1. The van der Waals surface area contributed by atoms with Crippen molar-refractivity contribution in [1.82, 2.24) is 0 Å². The zero-order chi connectivity index (χ0) is 16.3. The summed E-state index contributed by atoms with van der Waals surface area (Å²) < 4.78 is 11.1. The fourth-order valence-electron chi connectivity index (χ4n) is 2.69. The molecule has 1 aliphatic carbocycles. The first-order valence-electron chi connectivity index (χ1n) is 7.71. The lowest BCUT2D eigenvalue weighted by Gasteiger charge is -2.20. The molecule has 120 valence electrons. The molecule has 0 bridgehead atoms. The molecule has 0 amide bonds. The van der Waals surface area contributed by atoms with Gasteiger partial charge in [0.25, 0.3) is 0 Å². The summed E-state index contributed by atoms with van der Waals surface area (Å²) in [7, 11) is 1.59. The Hall–Kier alpha value is -1.48. The van der Waals surface area contributed by atoms with Gasteiger partial charge in [-0.1, -0.05) is 18.5 Å². The van der Waals surface area contributed by atoms with Crippen molar-refractivity contribution in [1.29, 1.82) is 0 Å². The summed E-state index contributed by atoms with van der Waals surface area (Å²) in [6.07, 6.45) is 4.79. The first-order valence-corrected chi connectivity index (χ1v) is 8.09. The zero-order valence-electron chi connectivity index (χ0n) is 13.6. The van der Waals surface area contributed by atoms with Crippen molar-refractivity contribution in [2.24, 2.45) is 5.92 Å². The van der Waals surface area contributed by atoms with Gasteiger partial charge in [-0.2, -0.15) is 0 Å². The van der Waals surface area contributed by atoms with Crippen LogP contribution in [-0.2, 0) is 4.79 Å². The predicted molar refractivity (Wildman–Crippen MR) is 89.8 cm³/mol. The molecule has 0 radical (unpaired) electrons. The van der Waals surface area contributed by atoms with Crippen LogP contribution >= 0.6 is 11.6 Å². The number of rotatable bonds is 4. The fraction of sp³-hybridized carbons (Fsp3) is 0.500. The number of ether oxygens (including phenoxy) is 2. The third kappa shape index (κ3) is 3.83. The maximum atomic E-state index is 12.2. The molecular weight excluding hydrogens is 300 g/mol. The molecule has 0 aliphatic heterocycles. The largest absolute Gasteiger partial charge is 0.493 e. The Labute approximate surface area is 137 Å². The molecule has 0 saturated heterocycles. The highest BCUT2D eigenvalue weighted by Crippen LogP contribution is 2.38. The Kier molecular flexibility index (Phi) is 5.52. The van der Waals surface area contributed by atoms with Crippen LogP contribution in [0.3, 0.4) is 0 Å². The van der Waals surface area contributed by atoms with Gasteiger partial charge in [-0.15, -0.1) is 0 Å². The molecule has 1 aromatic carbocycles. The number of hydrogen-bond donors (Lipinski definition) is 0. The average Bonchev–Trinajstić information content (AvgIpc) is 2.46. The number of Topliss-reactive ketones (excluding diaryl/α,β-unsaturated/α-hetero) is 1. The van der Waals surface area contributed by atoms with E-state index in [9.17, 15) is 4.79 Å². The van der Waals surface area contributed by atoms with Gasteiger partial charge >= 0.3 is 0 Å². The van der Waals surface area contributed by atoms with Crippen LogP contribution in [0.2, 0.25) is 5.02 Å². The van der Waals surface area contributed by atoms with Gasteiger partial charge in [0.15, 0.2) is 17.3 Å². The molecule has 4 heteroatoms. The minimum atomic E-state index is 0.0105. The van der Waals surface area contributed by atoms with Crippen LogP contribution in [0.5, 0.6) is 11.5 Å². The van der Waals surface area contributed by atoms with Crippen LogP contribution in [-0.4, -0.2) is 19.0 Å². The maximum Gasteiger partial charge on any atom is 0.180 e. The maximum absolute atomic E-state index is 12.2. The second-order valence-electron chi connectivity index (χ2n) is 6.03. The number of methoxy groups -OCH3 is 1. The Morgan fingerprint density at radius 2 is 2.09 bits per heavy atom. The highest BCUT2D eigenvalue weighted by molar-refractivity contribution is 6.32. The number of carbonyl (C=O) groups is 1. The van der Waals surface area contributed by atoms with Crippen molar-refractivity contribution in [2.75, 3.05) is 7.11 Å². The lowest BCUT2D eigenvalue weighted by atomic mass is 9.84. The van der Waals surface area contributed by atoms with Gasteiger partial charge in [0, 0.05) is 5.92 Å². The normalized spacial score (nSPS) is 20.5. The third-order valence-electron chi connectivity index (χ3n) is 3.79. The number of allylic oxidation sites excluding steroid dienone is 1. The van der Waals surface area contributed by atoms with Gasteiger partial charge in [0.2, 0.25) is 0 Å². The third-order valence-corrected chi connectivity index (χ3v) is 4.07. The second-order valence-corrected chi connectivity index (χ2v) is 6.44. The van der Waals surface area contributed by atoms with Crippen molar-refractivity contribution in [3.8, 4) is 11.5 Å². The summed E-state index contributed by atoms with van der Waals surface area (Å²) in [4.78, 5) is 12.2. The summed E-state index contributed by atoms with van der Waals surface area (Å²) in [5.74, 6) is 1.48. The van der Waals surface area contributed by atoms with E-state index in [4.69, 9.17) is 21.1 Å². The molecule has 0 N–H and O–H groups in total. The molecule has 1 atom stereocenters. The van der Waals surface area contributed by atoms with E-state index in [1.165, 1.54) is 0 Å². The van der Waals surface area contributed by atoms with Crippen LogP contribution < -0.4 is 9.47 Å². The molecule has 0 spiro atoms. The monoisotopic (exact) mass is 322 g/mol. The summed E-state index contributed by atoms with van der Waals surface area (Å²) in [5.41, 5.74) is 1.74. The van der Waals surface area contributed by atoms with Crippen LogP contribution in [0, 0.1) is 5.92 Å². The van der Waals surface area contributed by atoms with Gasteiger partial charge in [0.1, 0.15) is 0 Å². The molecule has 0 aromatic heterocycles. The van der Waals surface area contributed by atoms with Gasteiger partial charge < -0.3 is 9.47 Å². The minimum absolute atomic E-state index is 0.0105. The van der Waals surface area contributed by atoms with Gasteiger partial charge in [0.05, 0.1) is 18.2 Å². The lowest BCUT2D eigenvalue weighted by molar-refractivity contribution is -0.119. The van der Waals surface area contributed by atoms with Crippen molar-refractivity contribution >= 4 is 23.5 Å². The molecule has 3 nitrogen and oxygen atoms in total. The summed E-state index contributed by atoms with van der Waals surface area (Å²) in [6, 6.07) is 3.69. The molecule has 2 rings (SSSR count). The Morgan fingerprint density at radius 1 is 1.36 bits per heavy atom. The first kappa shape index (κ1) is 16.9. The molecule has 1 aromatic rings. The fourth-order valence-corrected chi connectivity index (χ4v) is 2.95. The number of benzene rings is 1. The molecule has 1 saturated carbocycles. The topological polar surface area (TPSA) is 35.5 Å². The van der Waals surface area contributed by atoms with Crippen molar-refractivity contribution < 1.29 is 14.3 Å². The standard InChI is InChI=1S/C18H23ClO3/c1-11(2)22-18-15(19)9-13(10-16(18)21-4)8-14-7-5-6-12(3)17(14)20/h8-12H,5-7H2,1-4H3/b14-8+/t12-/m1/s1. The van der Waals surface area contributed by atoms with E-state index in [1.807, 2.05) is 39.0 Å². The van der Waals surface area contributed by atoms with Gasteiger partial charge in [-0.3, -0.25) is 4.79 Å². The van der Waals surface area contributed by atoms with E-state index in [2.05, 4.69) is 0 Å². The van der Waals surface area contributed by atoms with Crippen LogP contribution in [0.15, 0.2) is 17.7 Å². The van der Waals surface area contributed by atoms with Crippen molar-refractivity contribution in [3.63, 3.8) is 0 Å². The Balaban J connectivity index is 2.36. The van der Waals surface area contributed by atoms with E-state index in [-0.39, 0.29) is 17.8 Å². The first-order chi connectivity index (χ1) is 10.4. The van der Waals surface area contributed by atoms with E-state index in [0.717, 1.165) is 30.4 Å². The van der Waals surface area contributed by atoms with Crippen molar-refractivity contribution in [3.05, 3.63) is 28.3 Å². The molecule has 0 unspecified atom stereocenters. The van der Waals surface area contributed by atoms with Crippen LogP contribution in [0.1, 0.15) is 45.6 Å². The van der Waals surface area contributed by atoms with E-state index >= 15 is 0 Å². The Morgan fingerprint density at radius 3 is 2.73 bits per heavy atom. The lowest BCUT2D eigenvalue weighted by Crippen LogP contribution is -2.18. The van der Waals surface area contributed by atoms with Crippen molar-refractivity contribution in [2.45, 2.75) is 46.1 Å². The van der Waals surface area contributed by atoms with Crippen LogP contribution in [0.4, 0.5) is 0 Å². The van der Waals surface area contributed by atoms with Crippen LogP contribution in [0.25, 0.3) is 6.08 Å². The average molecular weight is 323 g/mol. The molecular formula is C18H23ClO3. The molecule has 22 heavy (non-hydrogen) atoms. The highest BCUT2D eigenvalue weighted by atomic mass is 35.5. The summed E-state index contributed by atoms with van der Waals surface area (Å²) in [5, 5.41) is 0.496. The SMILES string of the molecule is COc1cc(/C=C2\CCC[C@@H](C)C2=O)cc(Cl)c1OC(C)C. The summed E-state index contributed by atoms with van der Waals surface area (Å²) >= 11 is 6.32. The predicted octanol–water partition coefficient (Wildman–Crippen LogP) is 4.91. The van der Waals surface area contributed by atoms with Gasteiger partial charge in [-0.05, 0) is 62.5 Å². The second kappa shape index (κ2) is 7.19. The molecule has 1 fully saturated rings. The number of carbonyl (C=O) groups excluding carboxylic acids is 1. The van der Waals surface area contributed by atoms with E-state index in [1.54, 1.807) is 7.11 Å². The van der Waals surface area contributed by atoms with E-state index < -0.39 is 0 Å². The number of hydrogen-bond acceptors (Lipinski definition) is 3.